The maximum atomic E-state index is 10.5. The lowest BCUT2D eigenvalue weighted by molar-refractivity contribution is 0.0576. The van der Waals surface area contributed by atoms with Crippen LogP contribution in [0.15, 0.2) is 0 Å². The summed E-state index contributed by atoms with van der Waals surface area (Å²) in [4.78, 5) is 0. The van der Waals surface area contributed by atoms with E-state index in [0.717, 1.165) is 6.42 Å². The number of hydrogen-bond donors (Lipinski definition) is 0. The van der Waals surface area contributed by atoms with Gasteiger partial charge in [0.15, 0.2) is 0 Å². The van der Waals surface area contributed by atoms with Crippen LogP contribution in [0.3, 0.4) is 0 Å². The zero-order valence-corrected chi connectivity index (χ0v) is 5.27. The lowest BCUT2D eigenvalue weighted by Crippen LogP contribution is -2.09. The van der Waals surface area contributed by atoms with Gasteiger partial charge in [0.2, 0.25) is 0 Å². The SMILES string of the molecule is CCC(C)C(C)[O]. The van der Waals surface area contributed by atoms with Crippen LogP contribution in [0.1, 0.15) is 27.2 Å². The Kier molecular flexibility index (Phi) is 3.01. The second-order valence-corrected chi connectivity index (χ2v) is 2.09. The van der Waals surface area contributed by atoms with Gasteiger partial charge in [0, 0.05) is 0 Å². The fourth-order valence-electron chi connectivity index (χ4n) is 0.332. The Morgan fingerprint density at radius 2 is 1.86 bits per heavy atom. The summed E-state index contributed by atoms with van der Waals surface area (Å²) in [5.74, 6) is 0.347. The van der Waals surface area contributed by atoms with Gasteiger partial charge in [-0.15, -0.1) is 0 Å². The third-order valence-electron chi connectivity index (χ3n) is 1.45. The second kappa shape index (κ2) is 3.03. The van der Waals surface area contributed by atoms with Crippen LogP contribution in [0.25, 0.3) is 0 Å². The van der Waals surface area contributed by atoms with Crippen molar-refractivity contribution in [3.05, 3.63) is 0 Å². The van der Waals surface area contributed by atoms with Gasteiger partial charge in [-0.3, -0.25) is 0 Å². The summed E-state index contributed by atoms with van der Waals surface area (Å²) in [6.45, 7) is 5.74. The van der Waals surface area contributed by atoms with Gasteiger partial charge < -0.3 is 0 Å². The van der Waals surface area contributed by atoms with Gasteiger partial charge in [-0.1, -0.05) is 20.3 Å². The summed E-state index contributed by atoms with van der Waals surface area (Å²) in [7, 11) is 0. The van der Waals surface area contributed by atoms with E-state index < -0.39 is 0 Å². The quantitative estimate of drug-likeness (QED) is 0.506. The number of rotatable bonds is 2. The highest BCUT2D eigenvalue weighted by Gasteiger charge is 2.05. The third kappa shape index (κ3) is 2.63. The predicted octanol–water partition coefficient (Wildman–Crippen LogP) is 1.85. The molecule has 1 nitrogen and oxygen atoms in total. The first kappa shape index (κ1) is 6.96. The van der Waals surface area contributed by atoms with Gasteiger partial charge in [0.25, 0.3) is 0 Å². The van der Waals surface area contributed by atoms with Crippen molar-refractivity contribution in [3.8, 4) is 0 Å². The summed E-state index contributed by atoms with van der Waals surface area (Å²) < 4.78 is 0. The molecule has 2 atom stereocenters. The molecule has 0 amide bonds. The molecular weight excluding hydrogens is 88.1 g/mol. The zero-order chi connectivity index (χ0) is 5.86. The van der Waals surface area contributed by atoms with Crippen LogP contribution in [0.5, 0.6) is 0 Å². The molecule has 0 N–H and O–H groups in total. The van der Waals surface area contributed by atoms with E-state index in [9.17, 15) is 5.11 Å². The zero-order valence-electron chi connectivity index (χ0n) is 5.27. The summed E-state index contributed by atoms with van der Waals surface area (Å²) in [6.07, 6.45) is 0.620. The lowest BCUT2D eigenvalue weighted by atomic mass is 10.0. The lowest BCUT2D eigenvalue weighted by Gasteiger charge is -2.06. The third-order valence-corrected chi connectivity index (χ3v) is 1.45. The van der Waals surface area contributed by atoms with E-state index in [4.69, 9.17) is 0 Å². The molecule has 0 aliphatic carbocycles. The van der Waals surface area contributed by atoms with Crippen molar-refractivity contribution in [1.29, 1.82) is 0 Å². The molecule has 43 valence electrons. The summed E-state index contributed by atoms with van der Waals surface area (Å²) >= 11 is 0. The molecule has 1 heteroatoms. The molecule has 0 saturated carbocycles. The average molecular weight is 101 g/mol. The minimum Gasteiger partial charge on any atom is -0.233 e. The summed E-state index contributed by atoms with van der Waals surface area (Å²) in [6, 6.07) is 0. The Labute approximate surface area is 45.4 Å². The molecule has 0 aliphatic rings. The van der Waals surface area contributed by atoms with Crippen LogP contribution in [0.4, 0.5) is 0 Å². The van der Waals surface area contributed by atoms with Gasteiger partial charge >= 0.3 is 0 Å². The minimum absolute atomic E-state index is 0.347. The van der Waals surface area contributed by atoms with E-state index in [1.165, 1.54) is 0 Å². The topological polar surface area (TPSA) is 19.9 Å². The van der Waals surface area contributed by atoms with E-state index in [0.29, 0.717) is 5.92 Å². The van der Waals surface area contributed by atoms with Crippen LogP contribution in [0, 0.1) is 5.92 Å². The van der Waals surface area contributed by atoms with Crippen molar-refractivity contribution in [2.24, 2.45) is 5.92 Å². The van der Waals surface area contributed by atoms with Crippen LogP contribution >= 0.6 is 0 Å². The molecular formula is C6H13O. The van der Waals surface area contributed by atoms with E-state index in [1.807, 2.05) is 13.8 Å². The molecule has 0 rings (SSSR count). The molecule has 0 heterocycles. The van der Waals surface area contributed by atoms with Gasteiger partial charge in [0.1, 0.15) is 0 Å². The van der Waals surface area contributed by atoms with E-state index in [2.05, 4.69) is 0 Å². The molecule has 7 heavy (non-hydrogen) atoms. The Bertz CT molecular complexity index is 41.4. The fourth-order valence-corrected chi connectivity index (χ4v) is 0.332. The van der Waals surface area contributed by atoms with Crippen molar-refractivity contribution in [2.45, 2.75) is 33.3 Å². The van der Waals surface area contributed by atoms with Crippen molar-refractivity contribution in [3.63, 3.8) is 0 Å². The molecule has 0 bridgehead atoms. The summed E-state index contributed by atoms with van der Waals surface area (Å²) in [5.41, 5.74) is 0. The molecule has 0 aliphatic heterocycles. The Morgan fingerprint density at radius 1 is 1.43 bits per heavy atom. The van der Waals surface area contributed by atoms with Gasteiger partial charge in [0.05, 0.1) is 6.10 Å². The molecule has 0 fully saturated rings. The molecule has 1 radical (unpaired) electrons. The highest BCUT2D eigenvalue weighted by atomic mass is 16.3. The van der Waals surface area contributed by atoms with Crippen LogP contribution in [-0.2, 0) is 5.11 Å². The number of hydrogen-bond acceptors (Lipinski definition) is 0. The van der Waals surface area contributed by atoms with Crippen LogP contribution in [-0.4, -0.2) is 6.10 Å². The average Bonchev–Trinajstić information content (AvgIpc) is 1.65. The normalized spacial score (nSPS) is 18.9. The second-order valence-electron chi connectivity index (χ2n) is 2.09. The monoisotopic (exact) mass is 101 g/mol. The predicted molar refractivity (Wildman–Crippen MR) is 29.6 cm³/mol. The first-order valence-corrected chi connectivity index (χ1v) is 2.84. The minimum atomic E-state index is -0.384. The van der Waals surface area contributed by atoms with Crippen molar-refractivity contribution >= 4 is 0 Å². The van der Waals surface area contributed by atoms with Crippen molar-refractivity contribution in [1.82, 2.24) is 0 Å². The van der Waals surface area contributed by atoms with Gasteiger partial charge in [-0.05, 0) is 12.8 Å². The molecule has 0 spiro atoms. The Hall–Kier alpha value is -0.0400. The molecule has 0 saturated heterocycles. The van der Waals surface area contributed by atoms with E-state index in [-0.39, 0.29) is 6.10 Å². The van der Waals surface area contributed by atoms with E-state index >= 15 is 0 Å². The molecule has 0 aromatic heterocycles. The molecule has 2 unspecified atom stereocenters. The first-order chi connectivity index (χ1) is 3.18. The smallest absolute Gasteiger partial charge is 0.0927 e. The van der Waals surface area contributed by atoms with Gasteiger partial charge in [-0.25, -0.2) is 5.11 Å². The van der Waals surface area contributed by atoms with Crippen LogP contribution in [0.2, 0.25) is 0 Å². The standard InChI is InChI=1S/C6H13O/c1-4-5(2)6(3)7/h5-6H,4H2,1-3H3. The maximum absolute atomic E-state index is 10.5. The van der Waals surface area contributed by atoms with E-state index in [1.54, 1.807) is 6.92 Å². The van der Waals surface area contributed by atoms with Crippen molar-refractivity contribution in [2.75, 3.05) is 0 Å². The van der Waals surface area contributed by atoms with Gasteiger partial charge in [-0.2, -0.15) is 0 Å². The highest BCUT2D eigenvalue weighted by molar-refractivity contribution is 4.53. The van der Waals surface area contributed by atoms with Crippen molar-refractivity contribution < 1.29 is 5.11 Å². The Morgan fingerprint density at radius 3 is 1.86 bits per heavy atom. The molecule has 0 aromatic carbocycles. The fraction of sp³-hybridized carbons (Fsp3) is 1.00. The first-order valence-electron chi connectivity index (χ1n) is 2.84. The Balaban J connectivity index is 3.14. The van der Waals surface area contributed by atoms with Crippen LogP contribution < -0.4 is 0 Å². The summed E-state index contributed by atoms with van der Waals surface area (Å²) in [5, 5.41) is 10.5. The largest absolute Gasteiger partial charge is 0.233 e. The highest BCUT2D eigenvalue weighted by Crippen LogP contribution is 2.05. The molecule has 0 aromatic rings. The maximum Gasteiger partial charge on any atom is 0.0927 e.